The summed E-state index contributed by atoms with van der Waals surface area (Å²) >= 11 is 0. The Labute approximate surface area is 122 Å². The number of likely N-dealkylation sites (N-methyl/N-ethyl adjacent to an activating group) is 1. The molecular formula is C17H26N2O. The van der Waals surface area contributed by atoms with Gasteiger partial charge >= 0.3 is 0 Å². The lowest BCUT2D eigenvalue weighted by molar-refractivity contribution is -0.136. The van der Waals surface area contributed by atoms with Crippen LogP contribution in [0.3, 0.4) is 0 Å². The fourth-order valence-electron chi connectivity index (χ4n) is 3.14. The molecule has 2 rings (SSSR count). The molecule has 1 saturated heterocycles. The van der Waals surface area contributed by atoms with E-state index >= 15 is 0 Å². The minimum absolute atomic E-state index is 0.271. The zero-order valence-corrected chi connectivity index (χ0v) is 12.7. The van der Waals surface area contributed by atoms with Gasteiger partial charge in [0.05, 0.1) is 5.54 Å². The Morgan fingerprint density at radius 2 is 2.10 bits per heavy atom. The topological polar surface area (TPSA) is 32.3 Å². The molecule has 0 aromatic heterocycles. The molecule has 0 aliphatic carbocycles. The van der Waals surface area contributed by atoms with E-state index in [2.05, 4.69) is 24.4 Å². The fraction of sp³-hybridized carbons (Fsp3) is 0.588. The predicted octanol–water partition coefficient (Wildman–Crippen LogP) is 2.61. The second kappa shape index (κ2) is 6.89. The number of carbonyl (C=O) groups is 1. The van der Waals surface area contributed by atoms with Crippen molar-refractivity contribution in [3.8, 4) is 0 Å². The summed E-state index contributed by atoms with van der Waals surface area (Å²) in [4.78, 5) is 14.6. The second-order valence-electron chi connectivity index (χ2n) is 5.82. The third-order valence-electron chi connectivity index (χ3n) is 4.26. The highest BCUT2D eigenvalue weighted by atomic mass is 16.2. The first-order valence-electron chi connectivity index (χ1n) is 7.72. The molecule has 3 nitrogen and oxygen atoms in total. The number of benzene rings is 1. The first-order chi connectivity index (χ1) is 9.68. The molecule has 1 atom stereocenters. The van der Waals surface area contributed by atoms with E-state index in [1.54, 1.807) is 0 Å². The van der Waals surface area contributed by atoms with Crippen LogP contribution in [0.5, 0.6) is 0 Å². The minimum atomic E-state index is -0.291. The van der Waals surface area contributed by atoms with Crippen molar-refractivity contribution in [1.29, 1.82) is 0 Å². The van der Waals surface area contributed by atoms with Crippen LogP contribution in [0.4, 0.5) is 0 Å². The molecule has 0 radical (unpaired) electrons. The molecular weight excluding hydrogens is 248 g/mol. The summed E-state index contributed by atoms with van der Waals surface area (Å²) in [6.07, 6.45) is 5.01. The summed E-state index contributed by atoms with van der Waals surface area (Å²) in [5.41, 5.74) is 0.997. The molecule has 1 aliphatic heterocycles. The summed E-state index contributed by atoms with van der Waals surface area (Å²) in [6, 6.07) is 10.4. The van der Waals surface area contributed by atoms with Gasteiger partial charge in [0.1, 0.15) is 0 Å². The number of hydrogen-bond acceptors (Lipinski definition) is 2. The lowest BCUT2D eigenvalue weighted by atomic mass is 9.90. The maximum absolute atomic E-state index is 12.7. The van der Waals surface area contributed by atoms with Gasteiger partial charge in [-0.05, 0) is 37.8 Å². The van der Waals surface area contributed by atoms with Crippen LogP contribution < -0.4 is 5.32 Å². The highest BCUT2D eigenvalue weighted by Crippen LogP contribution is 2.26. The van der Waals surface area contributed by atoms with E-state index in [1.807, 2.05) is 30.1 Å². The van der Waals surface area contributed by atoms with Gasteiger partial charge in [-0.3, -0.25) is 4.79 Å². The Kier molecular flexibility index (Phi) is 5.18. The molecule has 0 saturated carbocycles. The average molecular weight is 274 g/mol. The van der Waals surface area contributed by atoms with E-state index in [4.69, 9.17) is 0 Å². The van der Waals surface area contributed by atoms with Gasteiger partial charge in [-0.25, -0.2) is 0 Å². The summed E-state index contributed by atoms with van der Waals surface area (Å²) in [7, 11) is 1.93. The van der Waals surface area contributed by atoms with E-state index in [0.29, 0.717) is 0 Å². The Hall–Kier alpha value is -1.35. The first-order valence-corrected chi connectivity index (χ1v) is 7.72. The van der Waals surface area contributed by atoms with Crippen LogP contribution in [0.1, 0.15) is 38.2 Å². The molecule has 0 spiro atoms. The zero-order valence-electron chi connectivity index (χ0n) is 12.7. The molecule has 1 fully saturated rings. The molecule has 110 valence electrons. The highest BCUT2D eigenvalue weighted by Gasteiger charge is 2.41. The van der Waals surface area contributed by atoms with Gasteiger partial charge in [-0.1, -0.05) is 43.7 Å². The van der Waals surface area contributed by atoms with Crippen molar-refractivity contribution >= 4 is 5.91 Å². The fourth-order valence-corrected chi connectivity index (χ4v) is 3.14. The molecule has 1 aromatic carbocycles. The van der Waals surface area contributed by atoms with E-state index in [-0.39, 0.29) is 11.4 Å². The molecule has 1 N–H and O–H groups in total. The van der Waals surface area contributed by atoms with Gasteiger partial charge in [-0.15, -0.1) is 0 Å². The van der Waals surface area contributed by atoms with Crippen LogP contribution in [-0.4, -0.2) is 36.5 Å². The van der Waals surface area contributed by atoms with E-state index < -0.39 is 0 Å². The Morgan fingerprint density at radius 1 is 1.35 bits per heavy atom. The number of rotatable bonds is 6. The van der Waals surface area contributed by atoms with Gasteiger partial charge in [0.25, 0.3) is 0 Å². The van der Waals surface area contributed by atoms with Crippen LogP contribution in [0, 0.1) is 0 Å². The largest absolute Gasteiger partial charge is 0.344 e. The number of nitrogens with one attached hydrogen (secondary N) is 1. The van der Waals surface area contributed by atoms with Gasteiger partial charge in [0.15, 0.2) is 0 Å². The summed E-state index contributed by atoms with van der Waals surface area (Å²) < 4.78 is 0. The van der Waals surface area contributed by atoms with Gasteiger partial charge in [-0.2, -0.15) is 0 Å². The summed E-state index contributed by atoms with van der Waals surface area (Å²) in [5, 5.41) is 3.46. The lowest BCUT2D eigenvalue weighted by Crippen LogP contribution is -2.54. The van der Waals surface area contributed by atoms with Crippen molar-refractivity contribution in [2.45, 2.75) is 44.6 Å². The SMILES string of the molecule is CCCC1(C(=O)N(C)CCc2ccccc2)CCCN1. The molecule has 3 heteroatoms. The van der Waals surface area contributed by atoms with E-state index in [1.165, 1.54) is 5.56 Å². The normalized spacial score (nSPS) is 21.9. The van der Waals surface area contributed by atoms with Crippen LogP contribution >= 0.6 is 0 Å². The lowest BCUT2D eigenvalue weighted by Gasteiger charge is -2.32. The Balaban J connectivity index is 1.93. The quantitative estimate of drug-likeness (QED) is 0.865. The number of carbonyl (C=O) groups excluding carboxylic acids is 1. The number of nitrogens with zero attached hydrogens (tertiary/aromatic N) is 1. The number of hydrogen-bond donors (Lipinski definition) is 1. The van der Waals surface area contributed by atoms with Crippen molar-refractivity contribution in [2.24, 2.45) is 0 Å². The van der Waals surface area contributed by atoms with E-state index in [9.17, 15) is 4.79 Å². The highest BCUT2D eigenvalue weighted by molar-refractivity contribution is 5.86. The third kappa shape index (κ3) is 3.40. The predicted molar refractivity (Wildman–Crippen MR) is 82.7 cm³/mol. The molecule has 20 heavy (non-hydrogen) atoms. The van der Waals surface area contributed by atoms with Gasteiger partial charge < -0.3 is 10.2 Å². The smallest absolute Gasteiger partial charge is 0.242 e. The molecule has 1 aliphatic rings. The molecule has 1 heterocycles. The number of amides is 1. The molecule has 1 amide bonds. The zero-order chi connectivity index (χ0) is 14.4. The maximum atomic E-state index is 12.7. The standard InChI is InChI=1S/C17H26N2O/c1-3-11-17(12-7-13-18-17)16(20)19(2)14-10-15-8-5-4-6-9-15/h4-6,8-9,18H,3,7,10-14H2,1-2H3. The van der Waals surface area contributed by atoms with Crippen molar-refractivity contribution in [3.05, 3.63) is 35.9 Å². The van der Waals surface area contributed by atoms with Gasteiger partial charge in [0.2, 0.25) is 5.91 Å². The summed E-state index contributed by atoms with van der Waals surface area (Å²) in [5.74, 6) is 0.271. The molecule has 1 unspecified atom stereocenters. The summed E-state index contributed by atoms with van der Waals surface area (Å²) in [6.45, 7) is 3.91. The van der Waals surface area contributed by atoms with Gasteiger partial charge in [0, 0.05) is 13.6 Å². The molecule has 0 bridgehead atoms. The van der Waals surface area contributed by atoms with Crippen molar-refractivity contribution < 1.29 is 4.79 Å². The van der Waals surface area contributed by atoms with Crippen molar-refractivity contribution in [2.75, 3.05) is 20.1 Å². The average Bonchev–Trinajstić information content (AvgIpc) is 2.95. The van der Waals surface area contributed by atoms with Crippen LogP contribution in [0.25, 0.3) is 0 Å². The maximum Gasteiger partial charge on any atom is 0.242 e. The first kappa shape index (κ1) is 15.0. The van der Waals surface area contributed by atoms with Crippen LogP contribution in [0.15, 0.2) is 30.3 Å². The van der Waals surface area contributed by atoms with Crippen LogP contribution in [0.2, 0.25) is 0 Å². The van der Waals surface area contributed by atoms with Crippen molar-refractivity contribution in [1.82, 2.24) is 10.2 Å². The second-order valence-corrected chi connectivity index (χ2v) is 5.82. The van der Waals surface area contributed by atoms with E-state index in [0.717, 1.165) is 45.2 Å². The molecule has 1 aromatic rings. The monoisotopic (exact) mass is 274 g/mol. The van der Waals surface area contributed by atoms with Crippen molar-refractivity contribution in [3.63, 3.8) is 0 Å². The minimum Gasteiger partial charge on any atom is -0.344 e. The van der Waals surface area contributed by atoms with Crippen LogP contribution in [-0.2, 0) is 11.2 Å². The Bertz CT molecular complexity index is 424. The Morgan fingerprint density at radius 3 is 2.70 bits per heavy atom. The third-order valence-corrected chi connectivity index (χ3v) is 4.26.